The second-order valence-electron chi connectivity index (χ2n) is 7.96. The first-order valence-corrected chi connectivity index (χ1v) is 10.8. The summed E-state index contributed by atoms with van der Waals surface area (Å²) in [6.45, 7) is 3.28. The van der Waals surface area contributed by atoms with Crippen LogP contribution >= 0.6 is 0 Å². The molecule has 30 heavy (non-hydrogen) atoms. The van der Waals surface area contributed by atoms with Crippen LogP contribution in [-0.2, 0) is 9.59 Å². The number of para-hydroxylation sites is 3. The predicted molar refractivity (Wildman–Crippen MR) is 118 cm³/mol. The molecule has 0 radical (unpaired) electrons. The largest absolute Gasteiger partial charge is 0.484 e. The summed E-state index contributed by atoms with van der Waals surface area (Å²) in [7, 11) is 0. The van der Waals surface area contributed by atoms with E-state index < -0.39 is 0 Å². The van der Waals surface area contributed by atoms with Gasteiger partial charge in [0.15, 0.2) is 6.61 Å². The van der Waals surface area contributed by atoms with E-state index in [1.165, 1.54) is 12.8 Å². The van der Waals surface area contributed by atoms with Crippen LogP contribution in [0.15, 0.2) is 54.6 Å². The van der Waals surface area contributed by atoms with Gasteiger partial charge in [-0.3, -0.25) is 9.59 Å². The molecule has 2 amide bonds. The van der Waals surface area contributed by atoms with E-state index in [0.717, 1.165) is 24.5 Å². The number of likely N-dealkylation sites (tertiary alicyclic amines) is 1. The summed E-state index contributed by atoms with van der Waals surface area (Å²) in [5, 5.41) is 3.14. The first-order chi connectivity index (χ1) is 14.7. The summed E-state index contributed by atoms with van der Waals surface area (Å²) in [6.07, 6.45) is 3.75. The van der Waals surface area contributed by atoms with Crippen molar-refractivity contribution in [3.63, 3.8) is 0 Å². The van der Waals surface area contributed by atoms with Gasteiger partial charge in [0.05, 0.1) is 11.4 Å². The molecular weight excluding hydrogens is 378 g/mol. The smallest absolute Gasteiger partial charge is 0.260 e. The Hall–Kier alpha value is -3.02. The molecule has 0 saturated carbocycles. The van der Waals surface area contributed by atoms with Crippen LogP contribution in [-0.4, -0.2) is 49.5 Å². The van der Waals surface area contributed by atoms with Crippen LogP contribution in [0.5, 0.6) is 5.75 Å². The summed E-state index contributed by atoms with van der Waals surface area (Å²) in [5.74, 6) is 0.638. The number of nitrogens with one attached hydrogen (secondary N) is 1. The Labute approximate surface area is 177 Å². The molecule has 6 heteroatoms. The highest BCUT2D eigenvalue weighted by atomic mass is 16.5. The van der Waals surface area contributed by atoms with Crippen LogP contribution in [0, 0.1) is 5.92 Å². The lowest BCUT2D eigenvalue weighted by molar-refractivity contribution is -0.136. The molecule has 6 nitrogen and oxygen atoms in total. The van der Waals surface area contributed by atoms with E-state index >= 15 is 0 Å². The second-order valence-corrected chi connectivity index (χ2v) is 7.96. The molecule has 0 bridgehead atoms. The molecule has 0 spiro atoms. The maximum atomic E-state index is 12.9. The molecule has 2 fully saturated rings. The fourth-order valence-corrected chi connectivity index (χ4v) is 4.19. The molecular formula is C24H29N3O3. The van der Waals surface area contributed by atoms with Gasteiger partial charge in [0.2, 0.25) is 5.91 Å². The van der Waals surface area contributed by atoms with Crippen molar-refractivity contribution in [1.29, 1.82) is 0 Å². The summed E-state index contributed by atoms with van der Waals surface area (Å²) in [6, 6.07) is 17.4. The van der Waals surface area contributed by atoms with Crippen molar-refractivity contribution in [1.82, 2.24) is 4.90 Å². The average molecular weight is 408 g/mol. The van der Waals surface area contributed by atoms with Gasteiger partial charge in [-0.25, -0.2) is 0 Å². The summed E-state index contributed by atoms with van der Waals surface area (Å²) in [5.41, 5.74) is 1.99. The van der Waals surface area contributed by atoms with Crippen molar-refractivity contribution in [3.8, 4) is 5.75 Å². The van der Waals surface area contributed by atoms with Gasteiger partial charge in [-0.05, 0) is 49.9 Å². The molecule has 2 aliphatic heterocycles. The van der Waals surface area contributed by atoms with Gasteiger partial charge < -0.3 is 19.9 Å². The summed E-state index contributed by atoms with van der Waals surface area (Å²) in [4.78, 5) is 29.4. The van der Waals surface area contributed by atoms with Gasteiger partial charge in [0, 0.05) is 32.1 Å². The normalized spacial score (nSPS) is 17.1. The number of anilines is 2. The molecule has 4 rings (SSSR count). The fourth-order valence-electron chi connectivity index (χ4n) is 4.19. The Kier molecular flexibility index (Phi) is 6.52. The number of benzene rings is 2. The first-order valence-electron chi connectivity index (χ1n) is 10.8. The highest BCUT2D eigenvalue weighted by Gasteiger charge is 2.28. The molecule has 1 N–H and O–H groups in total. The minimum atomic E-state index is -0.0734. The van der Waals surface area contributed by atoms with Crippen LogP contribution in [0.3, 0.4) is 0 Å². The number of carbonyl (C=O) groups excluding carboxylic acids is 2. The van der Waals surface area contributed by atoms with Crippen molar-refractivity contribution in [3.05, 3.63) is 54.6 Å². The molecule has 2 aromatic rings. The number of nitrogens with zero attached hydrogens (tertiary/aromatic N) is 2. The Morgan fingerprint density at radius 3 is 2.30 bits per heavy atom. The molecule has 0 aromatic heterocycles. The van der Waals surface area contributed by atoms with Gasteiger partial charge in [-0.2, -0.15) is 0 Å². The molecule has 0 aliphatic carbocycles. The summed E-state index contributed by atoms with van der Waals surface area (Å²) < 4.78 is 5.56. The van der Waals surface area contributed by atoms with Crippen LogP contribution in [0.4, 0.5) is 11.4 Å². The number of piperidine rings is 1. The lowest BCUT2D eigenvalue weighted by Gasteiger charge is -2.31. The Bertz CT molecular complexity index is 857. The van der Waals surface area contributed by atoms with Gasteiger partial charge in [-0.1, -0.05) is 30.3 Å². The third-order valence-corrected chi connectivity index (χ3v) is 5.93. The third kappa shape index (κ3) is 4.93. The zero-order valence-corrected chi connectivity index (χ0v) is 17.3. The standard InChI is InChI=1S/C24H29N3O3/c28-23(18-30-20-8-2-1-3-9-20)27-16-12-19(13-17-27)24(29)25-21-10-4-5-11-22(21)26-14-6-7-15-26/h1-5,8-11,19H,6-7,12-18H2,(H,25,29). The van der Waals surface area contributed by atoms with E-state index in [4.69, 9.17) is 4.74 Å². The lowest BCUT2D eigenvalue weighted by atomic mass is 9.95. The molecule has 0 atom stereocenters. The van der Waals surface area contributed by atoms with E-state index in [2.05, 4.69) is 16.3 Å². The van der Waals surface area contributed by atoms with Gasteiger partial charge in [-0.15, -0.1) is 0 Å². The number of hydrogen-bond acceptors (Lipinski definition) is 4. The SMILES string of the molecule is O=C(Nc1ccccc1N1CCCC1)C1CCN(C(=O)COc2ccccc2)CC1. The first kappa shape index (κ1) is 20.3. The number of rotatable bonds is 6. The molecule has 2 saturated heterocycles. The van der Waals surface area contributed by atoms with Crippen molar-refractivity contribution >= 4 is 23.2 Å². The van der Waals surface area contributed by atoms with Gasteiger partial charge in [0.25, 0.3) is 5.91 Å². The topological polar surface area (TPSA) is 61.9 Å². The zero-order valence-electron chi connectivity index (χ0n) is 17.3. The van der Waals surface area contributed by atoms with Gasteiger partial charge >= 0.3 is 0 Å². The molecule has 2 aliphatic rings. The lowest BCUT2D eigenvalue weighted by Crippen LogP contribution is -2.43. The zero-order chi connectivity index (χ0) is 20.8. The Balaban J connectivity index is 1.27. The number of amides is 2. The van der Waals surface area contributed by atoms with Crippen molar-refractivity contribution < 1.29 is 14.3 Å². The number of carbonyl (C=O) groups is 2. The van der Waals surface area contributed by atoms with E-state index in [1.807, 2.05) is 48.5 Å². The average Bonchev–Trinajstić information content (AvgIpc) is 3.33. The van der Waals surface area contributed by atoms with Crippen molar-refractivity contribution in [2.24, 2.45) is 5.92 Å². The van der Waals surface area contributed by atoms with E-state index in [0.29, 0.717) is 31.7 Å². The Morgan fingerprint density at radius 2 is 1.57 bits per heavy atom. The highest BCUT2D eigenvalue weighted by Crippen LogP contribution is 2.30. The van der Waals surface area contributed by atoms with Crippen molar-refractivity contribution in [2.45, 2.75) is 25.7 Å². The number of hydrogen-bond donors (Lipinski definition) is 1. The minimum Gasteiger partial charge on any atom is -0.484 e. The van der Waals surface area contributed by atoms with E-state index in [1.54, 1.807) is 4.90 Å². The third-order valence-electron chi connectivity index (χ3n) is 5.93. The highest BCUT2D eigenvalue weighted by molar-refractivity contribution is 5.96. The van der Waals surface area contributed by atoms with Crippen LogP contribution in [0.1, 0.15) is 25.7 Å². The van der Waals surface area contributed by atoms with Crippen LogP contribution in [0.25, 0.3) is 0 Å². The fraction of sp³-hybridized carbons (Fsp3) is 0.417. The van der Waals surface area contributed by atoms with Gasteiger partial charge in [0.1, 0.15) is 5.75 Å². The molecule has 2 aromatic carbocycles. The molecule has 0 unspecified atom stereocenters. The second kappa shape index (κ2) is 9.65. The maximum Gasteiger partial charge on any atom is 0.260 e. The van der Waals surface area contributed by atoms with E-state index in [9.17, 15) is 9.59 Å². The number of ether oxygens (including phenoxy) is 1. The molecule has 158 valence electrons. The maximum absolute atomic E-state index is 12.9. The minimum absolute atomic E-state index is 0.0305. The summed E-state index contributed by atoms with van der Waals surface area (Å²) >= 11 is 0. The van der Waals surface area contributed by atoms with Crippen molar-refractivity contribution in [2.75, 3.05) is 43.0 Å². The monoisotopic (exact) mass is 407 g/mol. The molecule has 2 heterocycles. The van der Waals surface area contributed by atoms with E-state index in [-0.39, 0.29) is 24.3 Å². The quantitative estimate of drug-likeness (QED) is 0.796. The van der Waals surface area contributed by atoms with Crippen LogP contribution < -0.4 is 15.0 Å². The van der Waals surface area contributed by atoms with Crippen LogP contribution in [0.2, 0.25) is 0 Å². The Morgan fingerprint density at radius 1 is 0.900 bits per heavy atom. The predicted octanol–water partition coefficient (Wildman–Crippen LogP) is 3.54.